The number of hydrogen-bond acceptors (Lipinski definition) is 4. The van der Waals surface area contributed by atoms with Crippen LogP contribution in [-0.4, -0.2) is 32.4 Å². The van der Waals surface area contributed by atoms with Crippen LogP contribution in [0.5, 0.6) is 0 Å². The van der Waals surface area contributed by atoms with E-state index in [-0.39, 0.29) is 29.9 Å². The zero-order chi connectivity index (χ0) is 13.9. The predicted molar refractivity (Wildman–Crippen MR) is 76.6 cm³/mol. The maximum absolute atomic E-state index is 12.3. The van der Waals surface area contributed by atoms with Gasteiger partial charge < -0.3 is 5.73 Å². The Morgan fingerprint density at radius 1 is 1.47 bits per heavy atom. The Balaban J connectivity index is 0.00000324. The van der Waals surface area contributed by atoms with Crippen molar-refractivity contribution in [3.63, 3.8) is 0 Å². The first kappa shape index (κ1) is 17.9. The molecule has 1 unspecified atom stereocenters. The smallest absolute Gasteiger partial charge is 0.243 e. The molecule has 106 valence electrons. The van der Waals surface area contributed by atoms with Gasteiger partial charge in [-0.25, -0.2) is 8.42 Å². The topological polar surface area (TPSA) is 87.2 Å². The van der Waals surface area contributed by atoms with Gasteiger partial charge in [0.15, 0.2) is 0 Å². The van der Waals surface area contributed by atoms with Crippen molar-refractivity contribution in [3.8, 4) is 6.07 Å². The maximum Gasteiger partial charge on any atom is 0.243 e. The molecule has 7 heteroatoms. The molecule has 0 aliphatic rings. The Bertz CT molecular complexity index is 581. The van der Waals surface area contributed by atoms with Crippen LogP contribution in [0.25, 0.3) is 0 Å². The van der Waals surface area contributed by atoms with E-state index in [1.165, 1.54) is 23.5 Å². The molecule has 5 nitrogen and oxygen atoms in total. The van der Waals surface area contributed by atoms with Crippen LogP contribution in [0.15, 0.2) is 23.1 Å². The van der Waals surface area contributed by atoms with Gasteiger partial charge in [0.2, 0.25) is 10.0 Å². The van der Waals surface area contributed by atoms with Gasteiger partial charge in [0.1, 0.15) is 0 Å². The van der Waals surface area contributed by atoms with E-state index in [0.29, 0.717) is 11.1 Å². The van der Waals surface area contributed by atoms with E-state index in [4.69, 9.17) is 11.0 Å². The third kappa shape index (κ3) is 3.67. The van der Waals surface area contributed by atoms with Crippen molar-refractivity contribution in [1.29, 1.82) is 5.26 Å². The van der Waals surface area contributed by atoms with Crippen molar-refractivity contribution in [2.24, 2.45) is 5.73 Å². The number of likely N-dealkylation sites (N-methyl/N-ethyl adjacent to an activating group) is 1. The first-order valence-corrected chi connectivity index (χ1v) is 6.97. The van der Waals surface area contributed by atoms with Gasteiger partial charge in [-0.3, -0.25) is 0 Å². The minimum Gasteiger partial charge on any atom is -0.329 e. The number of sulfonamides is 1. The minimum atomic E-state index is -3.56. The summed E-state index contributed by atoms with van der Waals surface area (Å²) in [6.07, 6.45) is 0. The molecular weight excluding hydrogens is 286 g/mol. The van der Waals surface area contributed by atoms with E-state index in [9.17, 15) is 8.42 Å². The van der Waals surface area contributed by atoms with Crippen LogP contribution in [0.3, 0.4) is 0 Å². The van der Waals surface area contributed by atoms with E-state index >= 15 is 0 Å². The highest BCUT2D eigenvalue weighted by Gasteiger charge is 2.26. The average Bonchev–Trinajstić information content (AvgIpc) is 2.36. The maximum atomic E-state index is 12.3. The van der Waals surface area contributed by atoms with Gasteiger partial charge in [0, 0.05) is 19.6 Å². The Morgan fingerprint density at radius 2 is 2.05 bits per heavy atom. The van der Waals surface area contributed by atoms with Crippen LogP contribution in [0.4, 0.5) is 0 Å². The fourth-order valence-electron chi connectivity index (χ4n) is 1.55. The van der Waals surface area contributed by atoms with Gasteiger partial charge >= 0.3 is 0 Å². The summed E-state index contributed by atoms with van der Waals surface area (Å²) in [5.41, 5.74) is 6.49. The number of nitriles is 1. The van der Waals surface area contributed by atoms with Crippen LogP contribution in [0.1, 0.15) is 18.1 Å². The molecule has 19 heavy (non-hydrogen) atoms. The largest absolute Gasteiger partial charge is 0.329 e. The van der Waals surface area contributed by atoms with E-state index < -0.39 is 10.0 Å². The molecule has 1 aromatic carbocycles. The quantitative estimate of drug-likeness (QED) is 0.907. The predicted octanol–water partition coefficient (Wildman–Crippen LogP) is 1.26. The van der Waals surface area contributed by atoms with Crippen LogP contribution in [0, 0.1) is 18.3 Å². The second-order valence-electron chi connectivity index (χ2n) is 4.20. The second-order valence-corrected chi connectivity index (χ2v) is 6.16. The van der Waals surface area contributed by atoms with Crippen molar-refractivity contribution in [1.82, 2.24) is 4.31 Å². The van der Waals surface area contributed by atoms with Crippen molar-refractivity contribution >= 4 is 22.4 Å². The molecule has 0 saturated carbocycles. The molecule has 0 fully saturated rings. The number of halogens is 1. The first-order valence-electron chi connectivity index (χ1n) is 5.53. The molecule has 1 atom stereocenters. The first-order chi connectivity index (χ1) is 8.34. The Morgan fingerprint density at radius 3 is 2.47 bits per heavy atom. The monoisotopic (exact) mass is 303 g/mol. The van der Waals surface area contributed by atoms with Crippen molar-refractivity contribution < 1.29 is 8.42 Å². The zero-order valence-electron chi connectivity index (χ0n) is 11.1. The number of rotatable bonds is 4. The summed E-state index contributed by atoms with van der Waals surface area (Å²) in [6.45, 7) is 3.68. The average molecular weight is 304 g/mol. The van der Waals surface area contributed by atoms with Crippen molar-refractivity contribution in [2.75, 3.05) is 13.6 Å². The van der Waals surface area contributed by atoms with Crippen LogP contribution >= 0.6 is 12.4 Å². The van der Waals surface area contributed by atoms with Gasteiger partial charge in [-0.15, -0.1) is 12.4 Å². The molecule has 1 aromatic rings. The standard InChI is InChI=1S/C12H17N3O2S.ClH/c1-9-6-11(8-14)4-5-12(9)18(16,17)15(3)10(2)7-13;/h4-6,10H,7,13H2,1-3H3;1H. The Kier molecular flexibility index (Phi) is 6.46. The lowest BCUT2D eigenvalue weighted by molar-refractivity contribution is 0.394. The third-order valence-electron chi connectivity index (χ3n) is 2.92. The summed E-state index contributed by atoms with van der Waals surface area (Å²) < 4.78 is 25.9. The van der Waals surface area contributed by atoms with Crippen LogP contribution in [0.2, 0.25) is 0 Å². The van der Waals surface area contributed by atoms with E-state index in [1.807, 2.05) is 6.07 Å². The zero-order valence-corrected chi connectivity index (χ0v) is 12.8. The van der Waals surface area contributed by atoms with Crippen molar-refractivity contribution in [3.05, 3.63) is 29.3 Å². The molecule has 0 heterocycles. The molecule has 0 saturated heterocycles. The van der Waals surface area contributed by atoms with Gasteiger partial charge in [-0.05, 0) is 37.6 Å². The lowest BCUT2D eigenvalue weighted by Gasteiger charge is -2.23. The van der Waals surface area contributed by atoms with Gasteiger partial charge in [-0.1, -0.05) is 0 Å². The molecule has 0 spiro atoms. The highest BCUT2D eigenvalue weighted by atomic mass is 35.5. The summed E-state index contributed by atoms with van der Waals surface area (Å²) >= 11 is 0. The third-order valence-corrected chi connectivity index (χ3v) is 5.05. The van der Waals surface area contributed by atoms with Crippen LogP contribution < -0.4 is 5.73 Å². The lowest BCUT2D eigenvalue weighted by atomic mass is 10.2. The van der Waals surface area contributed by atoms with E-state index in [0.717, 1.165) is 0 Å². The van der Waals surface area contributed by atoms with Gasteiger partial charge in [0.05, 0.1) is 16.5 Å². The Labute approximate surface area is 120 Å². The normalized spacial score (nSPS) is 12.6. The lowest BCUT2D eigenvalue weighted by Crippen LogP contribution is -2.39. The number of benzene rings is 1. The van der Waals surface area contributed by atoms with Crippen molar-refractivity contribution in [2.45, 2.75) is 24.8 Å². The second kappa shape index (κ2) is 6.87. The SMILES string of the molecule is Cc1cc(C#N)ccc1S(=O)(=O)N(C)C(C)CN.Cl. The van der Waals surface area contributed by atoms with Gasteiger partial charge in [0.25, 0.3) is 0 Å². The molecule has 0 aliphatic carbocycles. The molecule has 1 rings (SSSR count). The van der Waals surface area contributed by atoms with Crippen LogP contribution in [-0.2, 0) is 10.0 Å². The molecule has 2 N–H and O–H groups in total. The number of nitrogens with zero attached hydrogens (tertiary/aromatic N) is 2. The Hall–Kier alpha value is -1.13. The molecule has 0 amide bonds. The fourth-order valence-corrected chi connectivity index (χ4v) is 3.12. The summed E-state index contributed by atoms with van der Waals surface area (Å²) in [4.78, 5) is 0.212. The van der Waals surface area contributed by atoms with E-state index in [2.05, 4.69) is 0 Å². The number of aryl methyl sites for hydroxylation is 1. The highest BCUT2D eigenvalue weighted by Crippen LogP contribution is 2.21. The van der Waals surface area contributed by atoms with E-state index in [1.54, 1.807) is 19.9 Å². The minimum absolute atomic E-state index is 0. The molecule has 0 aromatic heterocycles. The summed E-state index contributed by atoms with van der Waals surface area (Å²) in [5.74, 6) is 0. The summed E-state index contributed by atoms with van der Waals surface area (Å²) in [5, 5.41) is 8.76. The van der Waals surface area contributed by atoms with Gasteiger partial charge in [-0.2, -0.15) is 9.57 Å². The molecule has 0 bridgehead atoms. The summed E-state index contributed by atoms with van der Waals surface area (Å²) in [7, 11) is -2.06. The number of nitrogens with two attached hydrogens (primary N) is 1. The molecule has 0 radical (unpaired) electrons. The molecule has 0 aliphatic heterocycles. The highest BCUT2D eigenvalue weighted by molar-refractivity contribution is 7.89. The molecular formula is C12H18ClN3O2S. The number of hydrogen-bond donors (Lipinski definition) is 1. The fraction of sp³-hybridized carbons (Fsp3) is 0.417. The summed E-state index contributed by atoms with van der Waals surface area (Å²) in [6, 6.07) is 6.23.